The van der Waals surface area contributed by atoms with E-state index in [9.17, 15) is 4.79 Å². The molecule has 2 aromatic rings. The Morgan fingerprint density at radius 1 is 1.16 bits per heavy atom. The Morgan fingerprint density at radius 3 is 2.58 bits per heavy atom. The van der Waals surface area contributed by atoms with Crippen LogP contribution in [0.4, 0.5) is 0 Å². The molecule has 3 heteroatoms. The van der Waals surface area contributed by atoms with Crippen molar-refractivity contribution in [2.75, 3.05) is 7.05 Å². The third-order valence-corrected chi connectivity index (χ3v) is 3.56. The zero-order chi connectivity index (χ0) is 13.8. The number of nitrogens with one attached hydrogen (secondary N) is 1. The molecule has 1 N–H and O–H groups in total. The summed E-state index contributed by atoms with van der Waals surface area (Å²) >= 11 is 0. The van der Waals surface area contributed by atoms with Crippen molar-refractivity contribution in [3.63, 3.8) is 0 Å². The van der Waals surface area contributed by atoms with Gasteiger partial charge in [-0.05, 0) is 43.7 Å². The normalized spacial score (nSPS) is 12.4. The highest BCUT2D eigenvalue weighted by molar-refractivity contribution is 5.31. The third-order valence-electron chi connectivity index (χ3n) is 3.56. The lowest BCUT2D eigenvalue weighted by atomic mass is 10.0. The first-order valence-electron chi connectivity index (χ1n) is 6.51. The van der Waals surface area contributed by atoms with E-state index in [1.165, 1.54) is 16.7 Å². The lowest BCUT2D eigenvalue weighted by Gasteiger charge is -2.19. The van der Waals surface area contributed by atoms with E-state index in [4.69, 9.17) is 0 Å². The van der Waals surface area contributed by atoms with Gasteiger partial charge in [-0.2, -0.15) is 0 Å². The quantitative estimate of drug-likeness (QED) is 0.911. The van der Waals surface area contributed by atoms with Crippen LogP contribution in [0.1, 0.15) is 22.7 Å². The molecule has 1 aromatic heterocycles. The van der Waals surface area contributed by atoms with Crippen molar-refractivity contribution in [2.45, 2.75) is 26.4 Å². The molecule has 2 rings (SSSR count). The predicted octanol–water partition coefficient (Wildman–Crippen LogP) is 2.43. The molecule has 0 aliphatic heterocycles. The molecule has 1 unspecified atom stereocenters. The van der Waals surface area contributed by atoms with Crippen molar-refractivity contribution in [1.82, 2.24) is 9.88 Å². The van der Waals surface area contributed by atoms with Crippen LogP contribution in [0, 0.1) is 13.8 Å². The molecule has 1 aromatic carbocycles. The molecule has 0 amide bonds. The topological polar surface area (TPSA) is 34.0 Å². The fourth-order valence-corrected chi connectivity index (χ4v) is 2.15. The average molecular weight is 256 g/mol. The SMILES string of the molecule is CNC(Cn1ccccc1=O)c1ccc(C)c(C)c1. The van der Waals surface area contributed by atoms with Crippen LogP contribution >= 0.6 is 0 Å². The van der Waals surface area contributed by atoms with Crippen LogP contribution in [-0.4, -0.2) is 11.6 Å². The van der Waals surface area contributed by atoms with Gasteiger partial charge in [-0.25, -0.2) is 0 Å². The van der Waals surface area contributed by atoms with Gasteiger partial charge in [0.2, 0.25) is 0 Å². The van der Waals surface area contributed by atoms with Gasteiger partial charge in [0.25, 0.3) is 5.56 Å². The highest BCUT2D eigenvalue weighted by Gasteiger charge is 2.11. The van der Waals surface area contributed by atoms with Crippen LogP contribution in [0.5, 0.6) is 0 Å². The predicted molar refractivity (Wildman–Crippen MR) is 78.4 cm³/mol. The molecule has 100 valence electrons. The van der Waals surface area contributed by atoms with Gasteiger partial charge in [-0.1, -0.05) is 24.3 Å². The first kappa shape index (κ1) is 13.6. The number of likely N-dealkylation sites (N-methyl/N-ethyl adjacent to an activating group) is 1. The molecule has 0 aliphatic carbocycles. The zero-order valence-electron chi connectivity index (χ0n) is 11.7. The molecule has 0 fully saturated rings. The van der Waals surface area contributed by atoms with E-state index >= 15 is 0 Å². The number of benzene rings is 1. The Hall–Kier alpha value is -1.87. The summed E-state index contributed by atoms with van der Waals surface area (Å²) in [7, 11) is 1.92. The van der Waals surface area contributed by atoms with Gasteiger partial charge in [0, 0.05) is 18.8 Å². The summed E-state index contributed by atoms with van der Waals surface area (Å²) in [5.41, 5.74) is 3.81. The van der Waals surface area contributed by atoms with Crippen molar-refractivity contribution < 1.29 is 0 Å². The molecule has 0 radical (unpaired) electrons. The second kappa shape index (κ2) is 5.85. The van der Waals surface area contributed by atoms with Gasteiger partial charge in [0.05, 0.1) is 6.04 Å². The molecule has 0 saturated carbocycles. The number of aryl methyl sites for hydroxylation is 2. The molecular weight excluding hydrogens is 236 g/mol. The number of hydrogen-bond donors (Lipinski definition) is 1. The number of nitrogens with zero attached hydrogens (tertiary/aromatic N) is 1. The smallest absolute Gasteiger partial charge is 0.250 e. The van der Waals surface area contributed by atoms with Crippen LogP contribution in [0.3, 0.4) is 0 Å². The van der Waals surface area contributed by atoms with Gasteiger partial charge in [-0.15, -0.1) is 0 Å². The minimum atomic E-state index is 0.0339. The number of pyridine rings is 1. The summed E-state index contributed by atoms with van der Waals surface area (Å²) in [6.07, 6.45) is 1.83. The summed E-state index contributed by atoms with van der Waals surface area (Å²) in [6, 6.07) is 11.8. The van der Waals surface area contributed by atoms with E-state index in [1.54, 1.807) is 16.7 Å². The molecular formula is C16H20N2O. The third kappa shape index (κ3) is 3.12. The number of hydrogen-bond acceptors (Lipinski definition) is 2. The van der Waals surface area contributed by atoms with Crippen LogP contribution in [-0.2, 0) is 6.54 Å². The Labute approximate surface area is 113 Å². The highest BCUT2D eigenvalue weighted by atomic mass is 16.1. The van der Waals surface area contributed by atoms with E-state index in [-0.39, 0.29) is 11.6 Å². The largest absolute Gasteiger partial charge is 0.314 e. The lowest BCUT2D eigenvalue weighted by Crippen LogP contribution is -2.27. The minimum absolute atomic E-state index is 0.0339. The Morgan fingerprint density at radius 2 is 1.95 bits per heavy atom. The second-order valence-electron chi connectivity index (χ2n) is 4.88. The van der Waals surface area contributed by atoms with Crippen molar-refractivity contribution in [3.05, 3.63) is 69.6 Å². The van der Waals surface area contributed by atoms with E-state index in [0.29, 0.717) is 6.54 Å². The Bertz CT molecular complexity index is 616. The van der Waals surface area contributed by atoms with E-state index < -0.39 is 0 Å². The van der Waals surface area contributed by atoms with E-state index in [0.717, 1.165) is 0 Å². The van der Waals surface area contributed by atoms with Gasteiger partial charge >= 0.3 is 0 Å². The van der Waals surface area contributed by atoms with Gasteiger partial charge in [0.1, 0.15) is 0 Å². The van der Waals surface area contributed by atoms with Crippen LogP contribution in [0.2, 0.25) is 0 Å². The van der Waals surface area contributed by atoms with E-state index in [1.807, 2.05) is 19.3 Å². The second-order valence-corrected chi connectivity index (χ2v) is 4.88. The standard InChI is InChI=1S/C16H20N2O/c1-12-7-8-14(10-13(12)2)15(17-3)11-18-9-5-4-6-16(18)19/h4-10,15,17H,11H2,1-3H3. The van der Waals surface area contributed by atoms with Crippen molar-refractivity contribution in [3.8, 4) is 0 Å². The fourth-order valence-electron chi connectivity index (χ4n) is 2.15. The molecule has 0 saturated heterocycles. The monoisotopic (exact) mass is 256 g/mol. The van der Waals surface area contributed by atoms with Gasteiger partial charge in [-0.3, -0.25) is 4.79 Å². The molecule has 0 bridgehead atoms. The Balaban J connectivity index is 2.28. The molecule has 1 atom stereocenters. The maximum atomic E-state index is 11.8. The molecule has 0 aliphatic rings. The first-order chi connectivity index (χ1) is 9.11. The Kier molecular flexibility index (Phi) is 4.17. The summed E-state index contributed by atoms with van der Waals surface area (Å²) in [5.74, 6) is 0. The summed E-state index contributed by atoms with van der Waals surface area (Å²) in [6.45, 7) is 4.86. The number of rotatable bonds is 4. The van der Waals surface area contributed by atoms with Crippen molar-refractivity contribution in [2.24, 2.45) is 0 Å². The first-order valence-corrected chi connectivity index (χ1v) is 6.51. The average Bonchev–Trinajstić information content (AvgIpc) is 2.41. The van der Waals surface area contributed by atoms with Crippen LogP contribution in [0.25, 0.3) is 0 Å². The lowest BCUT2D eigenvalue weighted by molar-refractivity contribution is 0.491. The van der Waals surface area contributed by atoms with Crippen LogP contribution in [0.15, 0.2) is 47.4 Å². The molecule has 3 nitrogen and oxygen atoms in total. The van der Waals surface area contributed by atoms with E-state index in [2.05, 4.69) is 37.4 Å². The molecule has 0 spiro atoms. The minimum Gasteiger partial charge on any atom is -0.314 e. The van der Waals surface area contributed by atoms with Crippen molar-refractivity contribution >= 4 is 0 Å². The van der Waals surface area contributed by atoms with Crippen molar-refractivity contribution in [1.29, 1.82) is 0 Å². The molecule has 1 heterocycles. The fraction of sp³-hybridized carbons (Fsp3) is 0.312. The van der Waals surface area contributed by atoms with Gasteiger partial charge < -0.3 is 9.88 Å². The summed E-state index contributed by atoms with van der Waals surface area (Å²) in [4.78, 5) is 11.8. The maximum Gasteiger partial charge on any atom is 0.250 e. The maximum absolute atomic E-state index is 11.8. The number of aromatic nitrogens is 1. The van der Waals surface area contributed by atoms with Crippen LogP contribution < -0.4 is 10.9 Å². The van der Waals surface area contributed by atoms with Gasteiger partial charge in [0.15, 0.2) is 0 Å². The summed E-state index contributed by atoms with van der Waals surface area (Å²) in [5, 5.41) is 3.28. The highest BCUT2D eigenvalue weighted by Crippen LogP contribution is 2.18. The summed E-state index contributed by atoms with van der Waals surface area (Å²) < 4.78 is 1.73. The molecule has 19 heavy (non-hydrogen) atoms. The zero-order valence-corrected chi connectivity index (χ0v) is 11.7.